The van der Waals surface area contributed by atoms with Crippen molar-refractivity contribution in [2.24, 2.45) is 0 Å². The number of hydrogen-bond acceptors (Lipinski definition) is 1. The van der Waals surface area contributed by atoms with E-state index in [9.17, 15) is 5.11 Å². The summed E-state index contributed by atoms with van der Waals surface area (Å²) in [6.45, 7) is 13.5. The van der Waals surface area contributed by atoms with Gasteiger partial charge in [-0.1, -0.05) is 26.0 Å². The van der Waals surface area contributed by atoms with Gasteiger partial charge in [-0.05, 0) is 38.2 Å². The van der Waals surface area contributed by atoms with Gasteiger partial charge in [0, 0.05) is 5.57 Å². The fourth-order valence-corrected chi connectivity index (χ4v) is 1.68. The number of rotatable bonds is 7. The van der Waals surface area contributed by atoms with Crippen molar-refractivity contribution < 1.29 is 5.11 Å². The second-order valence-corrected chi connectivity index (χ2v) is 4.08. The van der Waals surface area contributed by atoms with Crippen LogP contribution in [0.25, 0.3) is 0 Å². The zero-order valence-corrected chi connectivity index (χ0v) is 10.8. The lowest BCUT2D eigenvalue weighted by atomic mass is 9.87. The molecule has 0 saturated carbocycles. The molecule has 0 amide bonds. The van der Waals surface area contributed by atoms with Crippen LogP contribution < -0.4 is 0 Å². The molecule has 0 atom stereocenters. The Labute approximate surface area is 99.9 Å². The van der Waals surface area contributed by atoms with Crippen LogP contribution in [0.15, 0.2) is 42.2 Å². The molecule has 0 saturated heterocycles. The van der Waals surface area contributed by atoms with E-state index in [0.29, 0.717) is 12.8 Å². The third kappa shape index (κ3) is 4.22. The van der Waals surface area contributed by atoms with Crippen molar-refractivity contribution in [3.8, 4) is 0 Å². The molecule has 0 aromatic carbocycles. The van der Waals surface area contributed by atoms with Gasteiger partial charge in [-0.15, -0.1) is 18.9 Å². The van der Waals surface area contributed by atoms with Crippen LogP contribution in [0.4, 0.5) is 0 Å². The topological polar surface area (TPSA) is 20.2 Å². The number of aliphatic hydroxyl groups is 1. The van der Waals surface area contributed by atoms with Gasteiger partial charge in [0.1, 0.15) is 0 Å². The molecule has 0 spiro atoms. The molecular weight excluding hydrogens is 196 g/mol. The lowest BCUT2D eigenvalue weighted by Crippen LogP contribution is -2.28. The average Bonchev–Trinajstić information content (AvgIpc) is 2.26. The summed E-state index contributed by atoms with van der Waals surface area (Å²) in [5, 5.41) is 10.5. The van der Waals surface area contributed by atoms with Crippen molar-refractivity contribution in [1.29, 1.82) is 0 Å². The summed E-state index contributed by atoms with van der Waals surface area (Å²) in [6, 6.07) is 0. The molecule has 0 unspecified atom stereocenters. The summed E-state index contributed by atoms with van der Waals surface area (Å²) in [6.07, 6.45) is 6.52. The van der Waals surface area contributed by atoms with Gasteiger partial charge >= 0.3 is 0 Å². The standard InChI is InChI=1S/C15H24O/c1-6-10-15(16,11-7-2)13(5)12-14(8-3)9-4/h6-7,16H,1-2,8-11H2,3-5H3. The van der Waals surface area contributed by atoms with E-state index in [0.717, 1.165) is 18.4 Å². The van der Waals surface area contributed by atoms with E-state index in [1.54, 1.807) is 12.2 Å². The highest BCUT2D eigenvalue weighted by Crippen LogP contribution is 2.25. The summed E-state index contributed by atoms with van der Waals surface area (Å²) in [7, 11) is 0. The average molecular weight is 220 g/mol. The van der Waals surface area contributed by atoms with Crippen molar-refractivity contribution in [1.82, 2.24) is 0 Å². The molecule has 0 fully saturated rings. The smallest absolute Gasteiger partial charge is 0.0995 e. The Balaban J connectivity index is 5.28. The molecule has 0 aliphatic heterocycles. The van der Waals surface area contributed by atoms with Crippen molar-refractivity contribution >= 4 is 0 Å². The van der Waals surface area contributed by atoms with Crippen LogP contribution in [0.5, 0.6) is 0 Å². The maximum atomic E-state index is 10.5. The predicted octanol–water partition coefficient (Wildman–Crippen LogP) is 4.16. The van der Waals surface area contributed by atoms with E-state index < -0.39 is 5.60 Å². The number of hydrogen-bond donors (Lipinski definition) is 1. The first-order chi connectivity index (χ1) is 7.53. The lowest BCUT2D eigenvalue weighted by Gasteiger charge is -2.25. The van der Waals surface area contributed by atoms with E-state index in [1.807, 2.05) is 6.92 Å². The summed E-state index contributed by atoms with van der Waals surface area (Å²) in [5.74, 6) is 0. The lowest BCUT2D eigenvalue weighted by molar-refractivity contribution is 0.0850. The molecule has 0 radical (unpaired) electrons. The Kier molecular flexibility index (Phi) is 6.80. The van der Waals surface area contributed by atoms with Gasteiger partial charge in [-0.2, -0.15) is 0 Å². The molecule has 90 valence electrons. The van der Waals surface area contributed by atoms with E-state index in [-0.39, 0.29) is 0 Å². The summed E-state index contributed by atoms with van der Waals surface area (Å²) >= 11 is 0. The van der Waals surface area contributed by atoms with Crippen LogP contribution >= 0.6 is 0 Å². The fourth-order valence-electron chi connectivity index (χ4n) is 1.68. The van der Waals surface area contributed by atoms with Gasteiger partial charge < -0.3 is 5.11 Å². The van der Waals surface area contributed by atoms with Crippen LogP contribution in [-0.2, 0) is 0 Å². The van der Waals surface area contributed by atoms with Gasteiger partial charge in [-0.3, -0.25) is 0 Å². The van der Waals surface area contributed by atoms with Crippen LogP contribution in [0, 0.1) is 0 Å². The highest BCUT2D eigenvalue weighted by molar-refractivity contribution is 5.20. The normalized spacial score (nSPS) is 10.5. The van der Waals surface area contributed by atoms with Gasteiger partial charge in [0.2, 0.25) is 0 Å². The largest absolute Gasteiger partial charge is 0.384 e. The minimum absolute atomic E-state index is 0.540. The Morgan fingerprint density at radius 2 is 1.62 bits per heavy atom. The SMILES string of the molecule is C=CCC(O)(CC=C)C(C)=C=C(CC)CC. The Hall–Kier alpha value is -1.04. The quantitative estimate of drug-likeness (QED) is 0.504. The van der Waals surface area contributed by atoms with Crippen molar-refractivity contribution in [3.05, 3.63) is 42.2 Å². The fraction of sp³-hybridized carbons (Fsp3) is 0.533. The molecule has 0 aromatic heterocycles. The Morgan fingerprint density at radius 1 is 1.19 bits per heavy atom. The van der Waals surface area contributed by atoms with Crippen LogP contribution in [-0.4, -0.2) is 10.7 Å². The monoisotopic (exact) mass is 220 g/mol. The molecule has 16 heavy (non-hydrogen) atoms. The second-order valence-electron chi connectivity index (χ2n) is 4.08. The Morgan fingerprint density at radius 3 is 1.94 bits per heavy atom. The molecule has 0 heterocycles. The maximum absolute atomic E-state index is 10.5. The second kappa shape index (κ2) is 7.27. The molecule has 0 aliphatic rings. The minimum Gasteiger partial charge on any atom is -0.384 e. The van der Waals surface area contributed by atoms with Gasteiger partial charge in [0.25, 0.3) is 0 Å². The molecule has 1 N–H and O–H groups in total. The minimum atomic E-state index is -0.862. The zero-order valence-electron chi connectivity index (χ0n) is 10.8. The molecule has 1 heteroatoms. The molecular formula is C15H24O. The summed E-state index contributed by atoms with van der Waals surface area (Å²) < 4.78 is 0. The first-order valence-corrected chi connectivity index (χ1v) is 5.94. The van der Waals surface area contributed by atoms with Crippen LogP contribution in [0.1, 0.15) is 46.5 Å². The van der Waals surface area contributed by atoms with Gasteiger partial charge in [0.05, 0.1) is 5.60 Å². The zero-order chi connectivity index (χ0) is 12.6. The van der Waals surface area contributed by atoms with E-state index in [1.165, 1.54) is 5.57 Å². The predicted molar refractivity (Wildman–Crippen MR) is 71.4 cm³/mol. The van der Waals surface area contributed by atoms with Crippen LogP contribution in [0.3, 0.4) is 0 Å². The van der Waals surface area contributed by atoms with Crippen molar-refractivity contribution in [3.63, 3.8) is 0 Å². The van der Waals surface area contributed by atoms with Crippen LogP contribution in [0.2, 0.25) is 0 Å². The van der Waals surface area contributed by atoms with E-state index in [4.69, 9.17) is 0 Å². The summed E-state index contributed by atoms with van der Waals surface area (Å²) in [4.78, 5) is 0. The van der Waals surface area contributed by atoms with Gasteiger partial charge in [0.15, 0.2) is 0 Å². The third-order valence-corrected chi connectivity index (χ3v) is 2.88. The highest BCUT2D eigenvalue weighted by Gasteiger charge is 2.25. The molecule has 0 rings (SSSR count). The summed E-state index contributed by atoms with van der Waals surface area (Å²) in [5.41, 5.74) is 4.57. The highest BCUT2D eigenvalue weighted by atomic mass is 16.3. The first-order valence-electron chi connectivity index (χ1n) is 5.94. The molecule has 0 aromatic rings. The molecule has 0 aliphatic carbocycles. The first kappa shape index (κ1) is 15.0. The van der Waals surface area contributed by atoms with Gasteiger partial charge in [-0.25, -0.2) is 0 Å². The Bertz CT molecular complexity index is 287. The molecule has 0 bridgehead atoms. The van der Waals surface area contributed by atoms with Crippen molar-refractivity contribution in [2.45, 2.75) is 52.1 Å². The van der Waals surface area contributed by atoms with Crippen molar-refractivity contribution in [2.75, 3.05) is 0 Å². The maximum Gasteiger partial charge on any atom is 0.0995 e. The van der Waals surface area contributed by atoms with E-state index >= 15 is 0 Å². The third-order valence-electron chi connectivity index (χ3n) is 2.88. The molecule has 1 nitrogen and oxygen atoms in total. The van der Waals surface area contributed by atoms with E-state index in [2.05, 4.69) is 32.7 Å².